The van der Waals surface area contributed by atoms with Gasteiger partial charge in [-0.3, -0.25) is 9.59 Å². The molecule has 0 fully saturated rings. The molecule has 0 aromatic heterocycles. The average molecular weight is 170 g/mol. The fourth-order valence-electron chi connectivity index (χ4n) is 0.556. The molecular weight excluding hydrogens is 156 g/mol. The number of ether oxygens (including phenoxy) is 1. The predicted molar refractivity (Wildman–Crippen MR) is 45.7 cm³/mol. The van der Waals surface area contributed by atoms with Gasteiger partial charge in [0.1, 0.15) is 18.8 Å². The van der Waals surface area contributed by atoms with Crippen LogP contribution in [0.2, 0.25) is 0 Å². The van der Waals surface area contributed by atoms with Crippen LogP contribution in [0.5, 0.6) is 0 Å². The molecule has 0 aliphatic rings. The number of allylic oxidation sites excluding steroid dienone is 1. The summed E-state index contributed by atoms with van der Waals surface area (Å²) in [7, 11) is 0. The van der Waals surface area contributed by atoms with Crippen molar-refractivity contribution in [3.63, 3.8) is 0 Å². The highest BCUT2D eigenvalue weighted by molar-refractivity contribution is 5.94. The van der Waals surface area contributed by atoms with E-state index in [2.05, 4.69) is 0 Å². The Morgan fingerprint density at radius 3 is 2.25 bits per heavy atom. The molecule has 0 atom stereocenters. The molecule has 0 bridgehead atoms. The van der Waals surface area contributed by atoms with E-state index >= 15 is 0 Å². The van der Waals surface area contributed by atoms with Crippen molar-refractivity contribution in [3.8, 4) is 0 Å². The summed E-state index contributed by atoms with van der Waals surface area (Å²) in [5.74, 6) is -0.628. The van der Waals surface area contributed by atoms with Crippen molar-refractivity contribution in [1.82, 2.24) is 0 Å². The predicted octanol–water partition coefficient (Wildman–Crippen LogP) is 1.47. The summed E-state index contributed by atoms with van der Waals surface area (Å²) in [5.41, 5.74) is 1.09. The molecule has 0 saturated heterocycles. The van der Waals surface area contributed by atoms with E-state index in [9.17, 15) is 9.59 Å². The first-order valence-corrected chi connectivity index (χ1v) is 3.81. The first kappa shape index (κ1) is 10.9. The number of hydrogen-bond acceptors (Lipinski definition) is 3. The minimum Gasteiger partial charge on any atom is -0.461 e. The summed E-state index contributed by atoms with van der Waals surface area (Å²) in [6.45, 7) is 5.45. The van der Waals surface area contributed by atoms with Gasteiger partial charge in [-0.05, 0) is 26.8 Å². The minimum absolute atomic E-state index is 0.128. The van der Waals surface area contributed by atoms with Crippen LogP contribution < -0.4 is 0 Å². The van der Waals surface area contributed by atoms with Crippen LogP contribution in [0.25, 0.3) is 0 Å². The molecule has 0 aliphatic heterocycles. The van der Waals surface area contributed by atoms with Gasteiger partial charge in [0.05, 0.1) is 0 Å². The Morgan fingerprint density at radius 2 is 1.83 bits per heavy atom. The van der Waals surface area contributed by atoms with Crippen LogP contribution >= 0.6 is 0 Å². The third-order valence-electron chi connectivity index (χ3n) is 1.13. The highest BCUT2D eigenvalue weighted by atomic mass is 16.5. The molecule has 0 radical (unpaired) electrons. The van der Waals surface area contributed by atoms with Crippen LogP contribution in [0.1, 0.15) is 27.2 Å². The van der Waals surface area contributed by atoms with Crippen LogP contribution in [0.3, 0.4) is 0 Å². The first-order chi connectivity index (χ1) is 5.52. The third kappa shape index (κ3) is 6.99. The molecule has 0 rings (SSSR count). The van der Waals surface area contributed by atoms with Gasteiger partial charge in [-0.1, -0.05) is 5.57 Å². The van der Waals surface area contributed by atoms with E-state index in [1.807, 2.05) is 13.8 Å². The fourth-order valence-corrected chi connectivity index (χ4v) is 0.556. The maximum atomic E-state index is 10.8. The van der Waals surface area contributed by atoms with Gasteiger partial charge in [-0.25, -0.2) is 0 Å². The SMILES string of the molecule is CC(=O)CC(=O)OCC=C(C)C. The monoisotopic (exact) mass is 170 g/mol. The van der Waals surface area contributed by atoms with E-state index in [0.29, 0.717) is 0 Å². The Balaban J connectivity index is 3.58. The van der Waals surface area contributed by atoms with Crippen LogP contribution in [-0.2, 0) is 14.3 Å². The van der Waals surface area contributed by atoms with Crippen molar-refractivity contribution in [2.75, 3.05) is 6.61 Å². The van der Waals surface area contributed by atoms with E-state index in [-0.39, 0.29) is 18.8 Å². The van der Waals surface area contributed by atoms with Crippen LogP contribution in [0, 0.1) is 0 Å². The molecule has 12 heavy (non-hydrogen) atoms. The molecule has 0 amide bonds. The maximum absolute atomic E-state index is 10.8. The molecule has 0 saturated carbocycles. The summed E-state index contributed by atoms with van der Waals surface area (Å²) in [4.78, 5) is 21.2. The van der Waals surface area contributed by atoms with Crippen molar-refractivity contribution in [2.24, 2.45) is 0 Å². The number of ketones is 1. The second-order valence-corrected chi connectivity index (χ2v) is 2.84. The second kappa shape index (κ2) is 5.52. The minimum atomic E-state index is -0.458. The molecule has 0 unspecified atom stereocenters. The number of hydrogen-bond donors (Lipinski definition) is 0. The van der Waals surface area contributed by atoms with Crippen molar-refractivity contribution >= 4 is 11.8 Å². The van der Waals surface area contributed by atoms with Gasteiger partial charge in [-0.2, -0.15) is 0 Å². The molecule has 0 aromatic rings. The lowest BCUT2D eigenvalue weighted by Gasteiger charge is -1.98. The average Bonchev–Trinajstić information content (AvgIpc) is 1.84. The third-order valence-corrected chi connectivity index (χ3v) is 1.13. The van der Waals surface area contributed by atoms with Crippen LogP contribution in [0.15, 0.2) is 11.6 Å². The number of carbonyl (C=O) groups is 2. The topological polar surface area (TPSA) is 43.4 Å². The molecule has 0 spiro atoms. The quantitative estimate of drug-likeness (QED) is 0.364. The van der Waals surface area contributed by atoms with E-state index < -0.39 is 5.97 Å². The summed E-state index contributed by atoms with van der Waals surface area (Å²) >= 11 is 0. The zero-order valence-electron chi connectivity index (χ0n) is 7.72. The fraction of sp³-hybridized carbons (Fsp3) is 0.556. The highest BCUT2D eigenvalue weighted by Gasteiger charge is 2.04. The molecule has 0 aliphatic carbocycles. The number of Topliss-reactive ketones (excluding diaryl/α,β-unsaturated/α-hetero) is 1. The molecule has 3 heteroatoms. The summed E-state index contributed by atoms with van der Waals surface area (Å²) in [6.07, 6.45) is 1.66. The van der Waals surface area contributed by atoms with E-state index in [4.69, 9.17) is 4.74 Å². The zero-order valence-corrected chi connectivity index (χ0v) is 7.72. The molecule has 0 aromatic carbocycles. The van der Waals surface area contributed by atoms with Crippen molar-refractivity contribution in [3.05, 3.63) is 11.6 Å². The first-order valence-electron chi connectivity index (χ1n) is 3.81. The zero-order chi connectivity index (χ0) is 9.56. The molecular formula is C9H14O3. The number of carbonyl (C=O) groups excluding carboxylic acids is 2. The Kier molecular flexibility index (Phi) is 5.00. The molecule has 68 valence electrons. The molecule has 0 N–H and O–H groups in total. The number of rotatable bonds is 4. The lowest BCUT2D eigenvalue weighted by atomic mass is 10.3. The van der Waals surface area contributed by atoms with Gasteiger partial charge in [0.2, 0.25) is 0 Å². The van der Waals surface area contributed by atoms with Gasteiger partial charge in [0.25, 0.3) is 0 Å². The normalized spacial score (nSPS) is 8.92. The van der Waals surface area contributed by atoms with Crippen molar-refractivity contribution in [1.29, 1.82) is 0 Å². The van der Waals surface area contributed by atoms with E-state index in [1.165, 1.54) is 6.92 Å². The van der Waals surface area contributed by atoms with Crippen molar-refractivity contribution < 1.29 is 14.3 Å². The Labute approximate surface area is 72.4 Å². The van der Waals surface area contributed by atoms with E-state index in [0.717, 1.165) is 5.57 Å². The Bertz CT molecular complexity index is 200. The lowest BCUT2D eigenvalue weighted by molar-refractivity contribution is -0.144. The summed E-state index contributed by atoms with van der Waals surface area (Å²) < 4.78 is 4.73. The van der Waals surface area contributed by atoms with Gasteiger partial charge < -0.3 is 4.74 Å². The van der Waals surface area contributed by atoms with Crippen LogP contribution in [-0.4, -0.2) is 18.4 Å². The van der Waals surface area contributed by atoms with Crippen LogP contribution in [0.4, 0.5) is 0 Å². The summed E-state index contributed by atoms with van der Waals surface area (Å²) in [6, 6.07) is 0. The van der Waals surface area contributed by atoms with Crippen molar-refractivity contribution in [2.45, 2.75) is 27.2 Å². The Morgan fingerprint density at radius 1 is 1.25 bits per heavy atom. The van der Waals surface area contributed by atoms with Gasteiger partial charge in [0, 0.05) is 0 Å². The van der Waals surface area contributed by atoms with Gasteiger partial charge >= 0.3 is 5.97 Å². The molecule has 0 heterocycles. The van der Waals surface area contributed by atoms with Gasteiger partial charge in [-0.15, -0.1) is 0 Å². The summed E-state index contributed by atoms with van der Waals surface area (Å²) in [5, 5.41) is 0. The van der Waals surface area contributed by atoms with E-state index in [1.54, 1.807) is 6.08 Å². The smallest absolute Gasteiger partial charge is 0.313 e. The Hall–Kier alpha value is -1.12. The maximum Gasteiger partial charge on any atom is 0.313 e. The lowest BCUT2D eigenvalue weighted by Crippen LogP contribution is -2.08. The highest BCUT2D eigenvalue weighted by Crippen LogP contribution is 1.91. The second-order valence-electron chi connectivity index (χ2n) is 2.84. The number of esters is 1. The molecule has 3 nitrogen and oxygen atoms in total. The largest absolute Gasteiger partial charge is 0.461 e. The standard InChI is InChI=1S/C9H14O3/c1-7(2)4-5-12-9(11)6-8(3)10/h4H,5-6H2,1-3H3. The van der Waals surface area contributed by atoms with Gasteiger partial charge in [0.15, 0.2) is 0 Å².